The summed E-state index contributed by atoms with van der Waals surface area (Å²) in [5.41, 5.74) is 0.700. The number of hydrogen-bond acceptors (Lipinski definition) is 5. The second kappa shape index (κ2) is 4.20. The van der Waals surface area contributed by atoms with E-state index < -0.39 is 0 Å². The molecule has 6 heteroatoms. The number of rotatable bonds is 5. The molecule has 1 fully saturated rings. The summed E-state index contributed by atoms with van der Waals surface area (Å²) in [6.07, 6.45) is 5.49. The average molecular weight is 233 g/mol. The first-order valence-corrected chi connectivity index (χ1v) is 5.88. The Morgan fingerprint density at radius 3 is 3.12 bits per heavy atom. The molecule has 17 heavy (non-hydrogen) atoms. The van der Waals surface area contributed by atoms with E-state index >= 15 is 0 Å². The highest BCUT2D eigenvalue weighted by Gasteiger charge is 2.21. The first-order valence-electron chi connectivity index (χ1n) is 5.88. The number of ether oxygens (including phenoxy) is 1. The molecular weight excluding hydrogens is 218 g/mol. The zero-order valence-corrected chi connectivity index (χ0v) is 9.73. The van der Waals surface area contributed by atoms with E-state index in [1.807, 2.05) is 0 Å². The minimum Gasteiger partial charge on any atom is -0.477 e. The molecule has 1 saturated carbocycles. The largest absolute Gasteiger partial charge is 0.477 e. The summed E-state index contributed by atoms with van der Waals surface area (Å²) in [5, 5.41) is 10.5. The van der Waals surface area contributed by atoms with Gasteiger partial charge in [0.2, 0.25) is 11.8 Å². The first kappa shape index (κ1) is 10.3. The molecule has 0 spiro atoms. The Labute approximate surface area is 98.8 Å². The summed E-state index contributed by atoms with van der Waals surface area (Å²) in [5.74, 6) is 2.01. The number of anilines is 1. The first-order chi connectivity index (χ1) is 8.36. The second-order valence-electron chi connectivity index (χ2n) is 4.32. The van der Waals surface area contributed by atoms with Gasteiger partial charge in [-0.3, -0.25) is 5.10 Å². The highest BCUT2D eigenvalue weighted by atomic mass is 16.5. The molecule has 2 aromatic heterocycles. The van der Waals surface area contributed by atoms with Crippen molar-refractivity contribution in [2.45, 2.75) is 19.3 Å². The summed E-state index contributed by atoms with van der Waals surface area (Å²) < 4.78 is 5.72. The molecule has 0 aliphatic heterocycles. The summed E-state index contributed by atoms with van der Waals surface area (Å²) in [6.45, 7) is 0.713. The zero-order valence-electron chi connectivity index (χ0n) is 9.73. The van der Waals surface area contributed by atoms with Crippen LogP contribution < -0.4 is 10.1 Å². The molecule has 90 valence electrons. The average Bonchev–Trinajstić information content (AvgIpc) is 3.04. The van der Waals surface area contributed by atoms with Gasteiger partial charge in [-0.25, -0.2) is 0 Å². The van der Waals surface area contributed by atoms with Gasteiger partial charge < -0.3 is 10.1 Å². The van der Waals surface area contributed by atoms with Gasteiger partial charge in [-0.2, -0.15) is 15.1 Å². The Morgan fingerprint density at radius 2 is 2.35 bits per heavy atom. The fraction of sp³-hybridized carbons (Fsp3) is 0.545. The summed E-state index contributed by atoms with van der Waals surface area (Å²) >= 11 is 0. The summed E-state index contributed by atoms with van der Waals surface area (Å²) in [6, 6.07) is 0. The minimum absolute atomic E-state index is 0.545. The van der Waals surface area contributed by atoms with Crippen molar-refractivity contribution in [3.63, 3.8) is 0 Å². The van der Waals surface area contributed by atoms with Crippen LogP contribution in [0.5, 0.6) is 5.88 Å². The van der Waals surface area contributed by atoms with E-state index in [1.165, 1.54) is 12.8 Å². The lowest BCUT2D eigenvalue weighted by atomic mass is 10.3. The van der Waals surface area contributed by atoms with Crippen LogP contribution in [0.15, 0.2) is 6.20 Å². The minimum atomic E-state index is 0.545. The van der Waals surface area contributed by atoms with Crippen LogP contribution in [0.4, 0.5) is 5.95 Å². The van der Waals surface area contributed by atoms with Gasteiger partial charge in [-0.15, -0.1) is 0 Å². The van der Waals surface area contributed by atoms with Crippen LogP contribution in [0.25, 0.3) is 11.0 Å². The fourth-order valence-electron chi connectivity index (χ4n) is 1.76. The fourth-order valence-corrected chi connectivity index (χ4v) is 1.76. The van der Waals surface area contributed by atoms with Gasteiger partial charge in [0, 0.05) is 7.05 Å². The van der Waals surface area contributed by atoms with Crippen molar-refractivity contribution in [1.29, 1.82) is 0 Å². The summed E-state index contributed by atoms with van der Waals surface area (Å²) in [4.78, 5) is 8.55. The van der Waals surface area contributed by atoms with Gasteiger partial charge in [-0.1, -0.05) is 12.8 Å². The predicted octanol–water partition coefficient (Wildman–Crippen LogP) is 1.57. The molecule has 0 atom stereocenters. The Hall–Kier alpha value is -1.85. The van der Waals surface area contributed by atoms with Crippen molar-refractivity contribution in [1.82, 2.24) is 20.2 Å². The molecule has 1 aliphatic carbocycles. The maximum Gasteiger partial charge on any atom is 0.229 e. The third-order valence-corrected chi connectivity index (χ3v) is 2.96. The van der Waals surface area contributed by atoms with E-state index in [0.29, 0.717) is 24.1 Å². The third kappa shape index (κ3) is 2.15. The second-order valence-corrected chi connectivity index (χ2v) is 4.32. The van der Waals surface area contributed by atoms with Gasteiger partial charge in [0.1, 0.15) is 5.39 Å². The lowest BCUT2D eigenvalue weighted by Gasteiger charge is -2.07. The van der Waals surface area contributed by atoms with Crippen molar-refractivity contribution in [3.8, 4) is 5.88 Å². The van der Waals surface area contributed by atoms with Crippen molar-refractivity contribution in [3.05, 3.63) is 6.20 Å². The van der Waals surface area contributed by atoms with Gasteiger partial charge >= 0.3 is 0 Å². The molecule has 0 unspecified atom stereocenters. The molecule has 2 heterocycles. The maximum absolute atomic E-state index is 5.72. The molecule has 3 rings (SSSR count). The number of H-pyrrole nitrogens is 1. The van der Waals surface area contributed by atoms with Crippen LogP contribution in [-0.2, 0) is 0 Å². The van der Waals surface area contributed by atoms with Crippen LogP contribution >= 0.6 is 0 Å². The SMILES string of the molecule is CNc1nc(OCCC2CC2)c2cn[nH]c2n1. The lowest BCUT2D eigenvalue weighted by molar-refractivity contribution is 0.295. The van der Waals surface area contributed by atoms with Crippen molar-refractivity contribution >= 4 is 17.0 Å². The van der Waals surface area contributed by atoms with E-state index in [4.69, 9.17) is 4.74 Å². The van der Waals surface area contributed by atoms with E-state index in [-0.39, 0.29) is 0 Å². The summed E-state index contributed by atoms with van der Waals surface area (Å²) in [7, 11) is 1.78. The van der Waals surface area contributed by atoms with Gasteiger partial charge in [0.05, 0.1) is 12.8 Å². The normalized spacial score (nSPS) is 15.1. The monoisotopic (exact) mass is 233 g/mol. The van der Waals surface area contributed by atoms with Crippen LogP contribution in [0.1, 0.15) is 19.3 Å². The molecule has 2 aromatic rings. The molecule has 6 nitrogen and oxygen atoms in total. The van der Waals surface area contributed by atoms with E-state index in [2.05, 4.69) is 25.5 Å². The van der Waals surface area contributed by atoms with E-state index in [1.54, 1.807) is 13.2 Å². The Bertz CT molecular complexity index is 520. The van der Waals surface area contributed by atoms with Gasteiger partial charge in [0.15, 0.2) is 5.65 Å². The van der Waals surface area contributed by atoms with Crippen molar-refractivity contribution in [2.75, 3.05) is 19.0 Å². The Balaban J connectivity index is 1.81. The van der Waals surface area contributed by atoms with Crippen molar-refractivity contribution in [2.24, 2.45) is 5.92 Å². The molecule has 0 saturated heterocycles. The lowest BCUT2D eigenvalue weighted by Crippen LogP contribution is -2.03. The van der Waals surface area contributed by atoms with Crippen LogP contribution in [0.2, 0.25) is 0 Å². The molecule has 0 radical (unpaired) electrons. The molecule has 2 N–H and O–H groups in total. The number of nitrogens with one attached hydrogen (secondary N) is 2. The Kier molecular flexibility index (Phi) is 2.55. The van der Waals surface area contributed by atoms with Gasteiger partial charge in [-0.05, 0) is 12.3 Å². The highest BCUT2D eigenvalue weighted by Crippen LogP contribution is 2.32. The number of hydrogen-bond donors (Lipinski definition) is 2. The number of fused-ring (bicyclic) bond motifs is 1. The number of aromatic nitrogens is 4. The maximum atomic E-state index is 5.72. The third-order valence-electron chi connectivity index (χ3n) is 2.96. The van der Waals surface area contributed by atoms with E-state index in [9.17, 15) is 0 Å². The van der Waals surface area contributed by atoms with Gasteiger partial charge in [0.25, 0.3) is 0 Å². The van der Waals surface area contributed by atoms with E-state index in [0.717, 1.165) is 17.7 Å². The van der Waals surface area contributed by atoms with Crippen LogP contribution in [0.3, 0.4) is 0 Å². The Morgan fingerprint density at radius 1 is 1.47 bits per heavy atom. The standard InChI is InChI=1S/C11H15N5O/c1-12-11-14-9-8(6-13-16-9)10(15-11)17-5-4-7-2-3-7/h6-7H,2-5H2,1H3,(H2,12,13,14,15,16). The smallest absolute Gasteiger partial charge is 0.229 e. The number of nitrogens with zero attached hydrogens (tertiary/aromatic N) is 3. The van der Waals surface area contributed by atoms with Crippen molar-refractivity contribution < 1.29 is 4.74 Å². The molecule has 0 amide bonds. The quantitative estimate of drug-likeness (QED) is 0.819. The highest BCUT2D eigenvalue weighted by molar-refractivity contribution is 5.80. The zero-order chi connectivity index (χ0) is 11.7. The number of aromatic amines is 1. The molecule has 0 aromatic carbocycles. The predicted molar refractivity (Wildman–Crippen MR) is 64.1 cm³/mol. The van der Waals surface area contributed by atoms with Crippen LogP contribution in [-0.4, -0.2) is 33.8 Å². The van der Waals surface area contributed by atoms with Crippen LogP contribution in [0, 0.1) is 5.92 Å². The topological polar surface area (TPSA) is 75.7 Å². The molecular formula is C11H15N5O. The molecule has 0 bridgehead atoms. The molecule has 1 aliphatic rings.